The monoisotopic (exact) mass is 255 g/mol. The molecule has 19 heavy (non-hydrogen) atoms. The molecule has 1 aromatic carbocycles. The van der Waals surface area contributed by atoms with Crippen molar-refractivity contribution in [1.29, 1.82) is 0 Å². The maximum atomic E-state index is 5.77. The van der Waals surface area contributed by atoms with Crippen LogP contribution in [-0.4, -0.2) is 4.98 Å². The molecule has 2 aromatic rings. The largest absolute Gasteiger partial charge is 0.473 e. The van der Waals surface area contributed by atoms with Gasteiger partial charge in [-0.1, -0.05) is 19.1 Å². The van der Waals surface area contributed by atoms with E-state index in [2.05, 4.69) is 44.8 Å². The second kappa shape index (κ2) is 5.87. The van der Waals surface area contributed by atoms with Crippen molar-refractivity contribution in [3.05, 3.63) is 58.3 Å². The third kappa shape index (κ3) is 3.34. The minimum absolute atomic E-state index is 0.572. The second-order valence-electron chi connectivity index (χ2n) is 5.00. The fraction of sp³-hybridized carbons (Fsp3) is 0.353. The summed E-state index contributed by atoms with van der Waals surface area (Å²) in [4.78, 5) is 4.24. The lowest BCUT2D eigenvalue weighted by Gasteiger charge is -2.10. The van der Waals surface area contributed by atoms with Gasteiger partial charge in [0.15, 0.2) is 0 Å². The minimum atomic E-state index is 0.572. The first-order valence-corrected chi connectivity index (χ1v) is 6.74. The molecule has 0 bridgehead atoms. The summed E-state index contributed by atoms with van der Waals surface area (Å²) in [5, 5.41) is 0. The highest BCUT2D eigenvalue weighted by Gasteiger charge is 2.03. The van der Waals surface area contributed by atoms with E-state index in [1.165, 1.54) is 27.8 Å². The fourth-order valence-corrected chi connectivity index (χ4v) is 2.12. The van der Waals surface area contributed by atoms with E-state index in [0.717, 1.165) is 6.42 Å². The first-order valence-electron chi connectivity index (χ1n) is 6.74. The summed E-state index contributed by atoms with van der Waals surface area (Å²) in [7, 11) is 0. The summed E-state index contributed by atoms with van der Waals surface area (Å²) in [5.41, 5.74) is 6.43. The van der Waals surface area contributed by atoms with Gasteiger partial charge in [0.2, 0.25) is 5.88 Å². The van der Waals surface area contributed by atoms with E-state index in [1.807, 2.05) is 12.1 Å². The Morgan fingerprint density at radius 3 is 2.32 bits per heavy atom. The number of aromatic nitrogens is 1. The van der Waals surface area contributed by atoms with Crippen LogP contribution in [0.3, 0.4) is 0 Å². The molecule has 0 saturated heterocycles. The van der Waals surface area contributed by atoms with Crippen molar-refractivity contribution < 1.29 is 4.74 Å². The molecule has 1 aromatic heterocycles. The van der Waals surface area contributed by atoms with Gasteiger partial charge in [0.25, 0.3) is 0 Å². The molecule has 0 aliphatic carbocycles. The highest BCUT2D eigenvalue weighted by atomic mass is 16.5. The smallest absolute Gasteiger partial charge is 0.213 e. The number of nitrogens with zero attached hydrogens (tertiary/aromatic N) is 1. The second-order valence-corrected chi connectivity index (χ2v) is 5.00. The van der Waals surface area contributed by atoms with Crippen LogP contribution in [0.15, 0.2) is 30.5 Å². The lowest BCUT2D eigenvalue weighted by molar-refractivity contribution is 0.293. The van der Waals surface area contributed by atoms with Crippen LogP contribution in [0.1, 0.15) is 34.7 Å². The lowest BCUT2D eigenvalue weighted by atomic mass is 10.0. The quantitative estimate of drug-likeness (QED) is 0.818. The maximum Gasteiger partial charge on any atom is 0.213 e. The first kappa shape index (κ1) is 13.6. The van der Waals surface area contributed by atoms with E-state index < -0.39 is 0 Å². The Kier molecular flexibility index (Phi) is 4.20. The van der Waals surface area contributed by atoms with Crippen LogP contribution in [0.5, 0.6) is 5.88 Å². The normalized spacial score (nSPS) is 10.5. The molecule has 1 heterocycles. The average Bonchev–Trinajstić information content (AvgIpc) is 2.42. The van der Waals surface area contributed by atoms with E-state index in [-0.39, 0.29) is 0 Å². The lowest BCUT2D eigenvalue weighted by Crippen LogP contribution is -2.00. The Bertz CT molecular complexity index is 552. The zero-order chi connectivity index (χ0) is 13.8. The first-order chi connectivity index (χ1) is 9.10. The van der Waals surface area contributed by atoms with Crippen LogP contribution in [0.25, 0.3) is 0 Å². The molecule has 0 aliphatic rings. The van der Waals surface area contributed by atoms with Crippen LogP contribution >= 0.6 is 0 Å². The Labute approximate surface area is 115 Å². The van der Waals surface area contributed by atoms with Crippen LogP contribution in [-0.2, 0) is 13.0 Å². The molecule has 2 heteroatoms. The van der Waals surface area contributed by atoms with Gasteiger partial charge in [-0.05, 0) is 61.1 Å². The number of aryl methyl sites for hydroxylation is 3. The van der Waals surface area contributed by atoms with Gasteiger partial charge >= 0.3 is 0 Å². The van der Waals surface area contributed by atoms with E-state index >= 15 is 0 Å². The number of benzene rings is 1. The molecule has 0 saturated carbocycles. The van der Waals surface area contributed by atoms with Gasteiger partial charge in [0.05, 0.1) is 0 Å². The van der Waals surface area contributed by atoms with Crippen molar-refractivity contribution in [2.75, 3.05) is 0 Å². The fourth-order valence-electron chi connectivity index (χ4n) is 2.12. The molecule has 2 rings (SSSR count). The van der Waals surface area contributed by atoms with Crippen molar-refractivity contribution in [3.8, 4) is 5.88 Å². The van der Waals surface area contributed by atoms with E-state index in [9.17, 15) is 0 Å². The number of rotatable bonds is 4. The number of hydrogen-bond donors (Lipinski definition) is 0. The zero-order valence-electron chi connectivity index (χ0n) is 12.2. The van der Waals surface area contributed by atoms with Crippen molar-refractivity contribution in [1.82, 2.24) is 4.98 Å². The van der Waals surface area contributed by atoms with Gasteiger partial charge in [-0.3, -0.25) is 0 Å². The standard InChI is InChI=1S/C17H21NO/c1-5-15-6-7-18-17(10-15)19-11-16-8-12(2)14(4)13(3)9-16/h6-10H,5,11H2,1-4H3. The minimum Gasteiger partial charge on any atom is -0.473 e. The summed E-state index contributed by atoms with van der Waals surface area (Å²) in [6.45, 7) is 9.14. The highest BCUT2D eigenvalue weighted by Crippen LogP contribution is 2.17. The predicted molar refractivity (Wildman–Crippen MR) is 78.6 cm³/mol. The van der Waals surface area contributed by atoms with Crippen LogP contribution in [0.4, 0.5) is 0 Å². The van der Waals surface area contributed by atoms with Gasteiger partial charge in [0, 0.05) is 12.3 Å². The molecule has 0 fully saturated rings. The topological polar surface area (TPSA) is 22.1 Å². The Hall–Kier alpha value is -1.83. The molecular weight excluding hydrogens is 234 g/mol. The molecule has 0 radical (unpaired) electrons. The van der Waals surface area contributed by atoms with Crippen molar-refractivity contribution in [3.63, 3.8) is 0 Å². The molecule has 0 N–H and O–H groups in total. The van der Waals surface area contributed by atoms with Crippen molar-refractivity contribution in [2.45, 2.75) is 40.7 Å². The van der Waals surface area contributed by atoms with Crippen molar-refractivity contribution >= 4 is 0 Å². The van der Waals surface area contributed by atoms with E-state index in [0.29, 0.717) is 12.5 Å². The highest BCUT2D eigenvalue weighted by molar-refractivity contribution is 5.36. The molecule has 0 atom stereocenters. The maximum absolute atomic E-state index is 5.77. The van der Waals surface area contributed by atoms with E-state index in [1.54, 1.807) is 6.20 Å². The molecule has 0 spiro atoms. The predicted octanol–water partition coefficient (Wildman–Crippen LogP) is 4.15. The number of ether oxygens (including phenoxy) is 1. The average molecular weight is 255 g/mol. The van der Waals surface area contributed by atoms with Crippen LogP contribution < -0.4 is 4.74 Å². The molecule has 0 amide bonds. The van der Waals surface area contributed by atoms with Crippen molar-refractivity contribution in [2.24, 2.45) is 0 Å². The third-order valence-electron chi connectivity index (χ3n) is 3.58. The summed E-state index contributed by atoms with van der Waals surface area (Å²) < 4.78 is 5.77. The molecule has 0 unspecified atom stereocenters. The van der Waals surface area contributed by atoms with Gasteiger partial charge in [0.1, 0.15) is 6.61 Å². The Morgan fingerprint density at radius 1 is 1.00 bits per heavy atom. The Morgan fingerprint density at radius 2 is 1.68 bits per heavy atom. The number of pyridine rings is 1. The summed E-state index contributed by atoms with van der Waals surface area (Å²) in [6.07, 6.45) is 2.81. The zero-order valence-corrected chi connectivity index (χ0v) is 12.2. The SMILES string of the molecule is CCc1ccnc(OCc2cc(C)c(C)c(C)c2)c1. The molecule has 100 valence electrons. The number of hydrogen-bond acceptors (Lipinski definition) is 2. The van der Waals surface area contributed by atoms with E-state index in [4.69, 9.17) is 4.74 Å². The molecule has 2 nitrogen and oxygen atoms in total. The summed E-state index contributed by atoms with van der Waals surface area (Å²) in [6, 6.07) is 8.40. The summed E-state index contributed by atoms with van der Waals surface area (Å²) in [5.74, 6) is 0.704. The van der Waals surface area contributed by atoms with Crippen LogP contribution in [0, 0.1) is 20.8 Å². The van der Waals surface area contributed by atoms with Crippen LogP contribution in [0.2, 0.25) is 0 Å². The summed E-state index contributed by atoms with van der Waals surface area (Å²) >= 11 is 0. The van der Waals surface area contributed by atoms with Gasteiger partial charge in [-0.25, -0.2) is 4.98 Å². The molecular formula is C17H21NO. The molecule has 0 aliphatic heterocycles. The van der Waals surface area contributed by atoms with Gasteiger partial charge in [-0.2, -0.15) is 0 Å². The van der Waals surface area contributed by atoms with Gasteiger partial charge < -0.3 is 4.74 Å². The van der Waals surface area contributed by atoms with Gasteiger partial charge in [-0.15, -0.1) is 0 Å². The Balaban J connectivity index is 2.10. The third-order valence-corrected chi connectivity index (χ3v) is 3.58.